The van der Waals surface area contributed by atoms with E-state index in [1.54, 1.807) is 13.1 Å². The summed E-state index contributed by atoms with van der Waals surface area (Å²) in [6, 6.07) is 17.3. The largest absolute Gasteiger partial charge is 0.486 e. The van der Waals surface area contributed by atoms with Crippen LogP contribution in [0.25, 0.3) is 16.7 Å². The van der Waals surface area contributed by atoms with Gasteiger partial charge in [0.05, 0.1) is 28.6 Å². The van der Waals surface area contributed by atoms with Crippen LogP contribution in [0.4, 0.5) is 5.95 Å². The van der Waals surface area contributed by atoms with E-state index in [2.05, 4.69) is 10.3 Å². The highest BCUT2D eigenvalue weighted by atomic mass is 32.1. The number of aromatic nitrogens is 3. The molecule has 0 saturated carbocycles. The first-order chi connectivity index (χ1) is 17.1. The molecule has 178 valence electrons. The number of anilines is 1. The molecule has 0 saturated heterocycles. The molecular weight excluding hydrogens is 464 g/mol. The van der Waals surface area contributed by atoms with Crippen molar-refractivity contribution in [1.29, 1.82) is 0 Å². The molecular formula is C26H24N4O4S. The van der Waals surface area contributed by atoms with E-state index in [9.17, 15) is 4.79 Å². The zero-order valence-electron chi connectivity index (χ0n) is 19.4. The first-order valence-electron chi connectivity index (χ1n) is 11.3. The molecule has 8 nitrogen and oxygen atoms in total. The number of fused-ring (bicyclic) bond motifs is 2. The van der Waals surface area contributed by atoms with Crippen LogP contribution in [0.1, 0.15) is 23.0 Å². The molecule has 0 spiro atoms. The number of carbonyl (C=O) groups excluding carboxylic acids is 1. The minimum absolute atomic E-state index is 0.201. The standard InChI is InChI=1S/C26H24N4O4S/c1-3-32-25(31)22-16(2)30(17-9-5-4-6-10-17)24-19(23(22)35)14-28-26(29-24)27-13-18-15-33-20-11-7-8-12-21(20)34-18/h4-12,14,18H,3,13,15H2,1-2H3,(H,27,28,29)/t18-/m0/s1. The molecule has 4 aromatic rings. The maximum atomic E-state index is 12.8. The molecule has 0 fully saturated rings. The molecule has 1 aliphatic heterocycles. The quantitative estimate of drug-likeness (QED) is 0.303. The Bertz CT molecular complexity index is 1460. The lowest BCUT2D eigenvalue weighted by molar-refractivity contribution is 0.0524. The van der Waals surface area contributed by atoms with Crippen LogP contribution in [0.5, 0.6) is 11.5 Å². The van der Waals surface area contributed by atoms with Gasteiger partial charge in [0.1, 0.15) is 12.7 Å². The number of hydrogen-bond donors (Lipinski definition) is 1. The Morgan fingerprint density at radius 2 is 1.91 bits per heavy atom. The summed E-state index contributed by atoms with van der Waals surface area (Å²) in [5.41, 5.74) is 2.43. The molecule has 1 aliphatic rings. The van der Waals surface area contributed by atoms with Gasteiger partial charge in [-0.1, -0.05) is 42.5 Å². The van der Waals surface area contributed by atoms with Crippen LogP contribution in [0.2, 0.25) is 0 Å². The SMILES string of the molecule is CCOC(=O)c1c(C)n(-c2ccccc2)c2nc(NC[C@H]3COc4ccccc4O3)ncc2c1=S. The van der Waals surface area contributed by atoms with Gasteiger partial charge >= 0.3 is 5.97 Å². The molecule has 5 rings (SSSR count). The van der Waals surface area contributed by atoms with Crippen LogP contribution < -0.4 is 14.8 Å². The van der Waals surface area contributed by atoms with E-state index >= 15 is 0 Å². The molecule has 0 unspecified atom stereocenters. The van der Waals surface area contributed by atoms with E-state index in [4.69, 9.17) is 31.4 Å². The number of benzene rings is 2. The first kappa shape index (κ1) is 22.8. The molecule has 3 heterocycles. The Morgan fingerprint density at radius 1 is 1.17 bits per heavy atom. The summed E-state index contributed by atoms with van der Waals surface area (Å²) >= 11 is 5.68. The number of hydrogen-bond acceptors (Lipinski definition) is 8. The Labute approximate surface area is 207 Å². The Kier molecular flexibility index (Phi) is 6.33. The van der Waals surface area contributed by atoms with Crippen molar-refractivity contribution in [3.8, 4) is 17.2 Å². The predicted octanol–water partition coefficient (Wildman–Crippen LogP) is 4.89. The van der Waals surface area contributed by atoms with Gasteiger partial charge in [0.2, 0.25) is 5.95 Å². The average Bonchev–Trinajstić information content (AvgIpc) is 2.88. The average molecular weight is 489 g/mol. The zero-order chi connectivity index (χ0) is 24.4. The van der Waals surface area contributed by atoms with Crippen molar-refractivity contribution in [2.45, 2.75) is 20.0 Å². The minimum Gasteiger partial charge on any atom is -0.486 e. The highest BCUT2D eigenvalue weighted by Crippen LogP contribution is 2.31. The summed E-state index contributed by atoms with van der Waals surface area (Å²) in [6.45, 7) is 4.73. The van der Waals surface area contributed by atoms with Gasteiger partial charge in [0.15, 0.2) is 17.1 Å². The molecule has 0 aliphatic carbocycles. The van der Waals surface area contributed by atoms with Crippen LogP contribution in [-0.4, -0.2) is 46.4 Å². The summed E-state index contributed by atoms with van der Waals surface area (Å²) in [6.07, 6.45) is 1.44. The van der Waals surface area contributed by atoms with Crippen LogP contribution in [-0.2, 0) is 4.74 Å². The number of esters is 1. The van der Waals surface area contributed by atoms with Gasteiger partial charge in [-0.2, -0.15) is 4.98 Å². The molecule has 0 radical (unpaired) electrons. The van der Waals surface area contributed by atoms with Crippen molar-refractivity contribution in [1.82, 2.24) is 14.5 Å². The van der Waals surface area contributed by atoms with Crippen molar-refractivity contribution in [3.63, 3.8) is 0 Å². The minimum atomic E-state index is -0.460. The Morgan fingerprint density at radius 3 is 2.69 bits per heavy atom. The van der Waals surface area contributed by atoms with E-state index in [1.807, 2.05) is 66.1 Å². The number of carbonyl (C=O) groups is 1. The fourth-order valence-electron chi connectivity index (χ4n) is 4.06. The van der Waals surface area contributed by atoms with E-state index in [0.29, 0.717) is 51.7 Å². The molecule has 1 N–H and O–H groups in total. The van der Waals surface area contributed by atoms with Crippen molar-refractivity contribution in [2.75, 3.05) is 25.1 Å². The number of rotatable bonds is 6. The first-order valence-corrected chi connectivity index (χ1v) is 11.7. The summed E-state index contributed by atoms with van der Waals surface area (Å²) < 4.78 is 19.4. The maximum Gasteiger partial charge on any atom is 0.341 e. The zero-order valence-corrected chi connectivity index (χ0v) is 20.2. The van der Waals surface area contributed by atoms with E-state index < -0.39 is 5.97 Å². The summed E-state index contributed by atoms with van der Waals surface area (Å²) in [5, 5.41) is 3.84. The highest BCUT2D eigenvalue weighted by Gasteiger charge is 2.23. The molecule has 9 heteroatoms. The maximum absolute atomic E-state index is 12.8. The second-order valence-electron chi connectivity index (χ2n) is 7.99. The molecule has 2 aromatic carbocycles. The van der Waals surface area contributed by atoms with E-state index in [-0.39, 0.29) is 12.7 Å². The van der Waals surface area contributed by atoms with Crippen molar-refractivity contribution < 1.29 is 19.0 Å². The number of ether oxygens (including phenoxy) is 3. The number of para-hydroxylation sites is 3. The molecule has 0 bridgehead atoms. The lowest BCUT2D eigenvalue weighted by atomic mass is 10.1. The number of nitrogens with one attached hydrogen (secondary N) is 1. The second-order valence-corrected chi connectivity index (χ2v) is 8.40. The lowest BCUT2D eigenvalue weighted by Gasteiger charge is -2.26. The summed E-state index contributed by atoms with van der Waals surface area (Å²) in [7, 11) is 0. The van der Waals surface area contributed by atoms with Gasteiger partial charge in [-0.3, -0.25) is 4.57 Å². The Balaban J connectivity index is 1.52. The summed E-state index contributed by atoms with van der Waals surface area (Å²) in [5.74, 6) is 1.41. The molecule has 35 heavy (non-hydrogen) atoms. The van der Waals surface area contributed by atoms with Crippen molar-refractivity contribution in [3.05, 3.63) is 76.6 Å². The fourth-order valence-corrected chi connectivity index (χ4v) is 4.44. The highest BCUT2D eigenvalue weighted by molar-refractivity contribution is 7.71. The fraction of sp³-hybridized carbons (Fsp3) is 0.231. The molecule has 1 atom stereocenters. The topological polar surface area (TPSA) is 87.5 Å². The third kappa shape index (κ3) is 4.42. The van der Waals surface area contributed by atoms with Gasteiger partial charge in [0.25, 0.3) is 0 Å². The lowest BCUT2D eigenvalue weighted by Crippen LogP contribution is -2.35. The van der Waals surface area contributed by atoms with E-state index in [1.165, 1.54) is 0 Å². The van der Waals surface area contributed by atoms with Crippen molar-refractivity contribution >= 4 is 35.2 Å². The monoisotopic (exact) mass is 488 g/mol. The predicted molar refractivity (Wildman–Crippen MR) is 135 cm³/mol. The van der Waals surface area contributed by atoms with Crippen molar-refractivity contribution in [2.24, 2.45) is 0 Å². The summed E-state index contributed by atoms with van der Waals surface area (Å²) in [4.78, 5) is 22.0. The number of pyridine rings is 1. The van der Waals surface area contributed by atoms with Gasteiger partial charge < -0.3 is 19.5 Å². The Hall–Kier alpha value is -3.98. The molecule has 0 amide bonds. The van der Waals surface area contributed by atoms with Gasteiger partial charge in [-0.25, -0.2) is 9.78 Å². The van der Waals surface area contributed by atoms with Gasteiger partial charge in [-0.15, -0.1) is 0 Å². The van der Waals surface area contributed by atoms with Crippen LogP contribution >= 0.6 is 12.2 Å². The molecule has 2 aromatic heterocycles. The van der Waals surface area contributed by atoms with E-state index in [0.717, 1.165) is 11.4 Å². The third-order valence-electron chi connectivity index (χ3n) is 5.70. The normalized spacial score (nSPS) is 14.5. The van der Waals surface area contributed by atoms with Crippen LogP contribution in [0.3, 0.4) is 0 Å². The van der Waals surface area contributed by atoms with Crippen LogP contribution in [0.15, 0.2) is 60.8 Å². The number of nitrogens with zero attached hydrogens (tertiary/aromatic N) is 3. The van der Waals surface area contributed by atoms with Crippen LogP contribution in [0, 0.1) is 11.4 Å². The van der Waals surface area contributed by atoms with Gasteiger partial charge in [0, 0.05) is 17.6 Å². The van der Waals surface area contributed by atoms with Gasteiger partial charge in [-0.05, 0) is 38.1 Å². The second kappa shape index (κ2) is 9.71. The third-order valence-corrected chi connectivity index (χ3v) is 6.12. The smallest absolute Gasteiger partial charge is 0.341 e.